The van der Waals surface area contributed by atoms with Gasteiger partial charge in [0, 0.05) is 94.3 Å². The van der Waals surface area contributed by atoms with E-state index < -0.39 is 0 Å². The van der Waals surface area contributed by atoms with Crippen molar-refractivity contribution in [3.05, 3.63) is 0 Å². The average Bonchev–Trinajstić information content (AvgIpc) is 0. The van der Waals surface area contributed by atoms with Crippen LogP contribution in [0.5, 0.6) is 0 Å². The van der Waals surface area contributed by atoms with Crippen LogP contribution in [-0.4, -0.2) is 37.7 Å². The minimum Gasteiger partial charge on any atom is -0.0776 e. The Kier molecular flexibility index (Phi) is 240. The summed E-state index contributed by atoms with van der Waals surface area (Å²) in [6.45, 7) is 0. The molecule has 0 fully saturated rings. The molecule has 5 heavy (non-hydrogen) atoms. The maximum absolute atomic E-state index is 0. The third kappa shape index (κ3) is 19.4. The molecule has 0 bridgehead atoms. The molecule has 0 aliphatic heterocycles. The summed E-state index contributed by atoms with van der Waals surface area (Å²) in [6.07, 6.45) is 0. The predicted molar refractivity (Wildman–Crippen MR) is 12.5 cm³/mol. The van der Waals surface area contributed by atoms with Gasteiger partial charge in [0.2, 0.25) is 0 Å². The van der Waals surface area contributed by atoms with Crippen LogP contribution in [0.3, 0.4) is 0 Å². The van der Waals surface area contributed by atoms with E-state index in [1.54, 1.807) is 0 Å². The van der Waals surface area contributed by atoms with Crippen LogP contribution in [0.4, 0.5) is 0 Å². The summed E-state index contributed by atoms with van der Waals surface area (Å²) in [6, 6.07) is 0. The summed E-state index contributed by atoms with van der Waals surface area (Å²) in [7, 11) is 0. The summed E-state index contributed by atoms with van der Waals surface area (Å²) >= 11 is 0. The molecule has 0 heterocycles. The van der Waals surface area contributed by atoms with E-state index in [9.17, 15) is 0 Å². The van der Waals surface area contributed by atoms with Gasteiger partial charge in [0.15, 0.2) is 0 Å². The Balaban J connectivity index is 0. The molecule has 0 rings (SSSR count). The van der Waals surface area contributed by atoms with Crippen LogP contribution in [0.2, 0.25) is 0 Å². The molecule has 0 aliphatic carbocycles. The first-order valence-corrected chi connectivity index (χ1v) is 0. The van der Waals surface area contributed by atoms with E-state index in [0.29, 0.717) is 0 Å². The van der Waals surface area contributed by atoms with Gasteiger partial charge in [-0.1, -0.05) is 7.43 Å². The van der Waals surface area contributed by atoms with Crippen LogP contribution < -0.4 is 0 Å². The standard InChI is InChI=1S/CH4.Ag.Ca.Cu.Fe/h1H4;;;;. The molecule has 4 heteroatoms. The van der Waals surface area contributed by atoms with Crippen molar-refractivity contribution in [2.75, 3.05) is 0 Å². The van der Waals surface area contributed by atoms with Crippen LogP contribution >= 0.6 is 0 Å². The van der Waals surface area contributed by atoms with Gasteiger partial charge >= 0.3 is 0 Å². The molecule has 0 amide bonds. The molecule has 0 saturated heterocycles. The van der Waals surface area contributed by atoms with Crippen molar-refractivity contribution >= 4 is 37.7 Å². The van der Waals surface area contributed by atoms with Crippen molar-refractivity contribution in [2.45, 2.75) is 7.43 Å². The average molecular weight is 283 g/mol. The fourth-order valence-corrected chi connectivity index (χ4v) is 0. The minimum absolute atomic E-state index is 0. The van der Waals surface area contributed by atoms with Gasteiger partial charge in [0.25, 0.3) is 0 Å². The van der Waals surface area contributed by atoms with Crippen LogP contribution in [0.1, 0.15) is 7.43 Å². The molecule has 4 radical (unpaired) electrons. The van der Waals surface area contributed by atoms with E-state index in [2.05, 4.69) is 0 Å². The van der Waals surface area contributed by atoms with Crippen LogP contribution in [-0.2, 0) is 56.5 Å². The second-order valence-corrected chi connectivity index (χ2v) is 0. The molecule has 0 atom stereocenters. The van der Waals surface area contributed by atoms with E-state index in [1.165, 1.54) is 0 Å². The second kappa shape index (κ2) is 27.8. The Morgan fingerprint density at radius 2 is 1.00 bits per heavy atom. The Bertz CT molecular complexity index is 11.6. The third-order valence-electron chi connectivity index (χ3n) is 0. The molecule has 0 unspecified atom stereocenters. The Labute approximate surface area is 99.7 Å². The van der Waals surface area contributed by atoms with E-state index >= 15 is 0 Å². The zero-order valence-corrected chi connectivity index (χ0v) is 7.40. The fourth-order valence-electron chi connectivity index (χ4n) is 0. The zero-order chi connectivity index (χ0) is 0. The zero-order valence-electron chi connectivity index (χ0n) is 1.66. The van der Waals surface area contributed by atoms with Gasteiger partial charge in [-0.15, -0.1) is 0 Å². The van der Waals surface area contributed by atoms with E-state index in [0.717, 1.165) is 0 Å². The van der Waals surface area contributed by atoms with Gasteiger partial charge < -0.3 is 0 Å². The van der Waals surface area contributed by atoms with Gasteiger partial charge in [0.05, 0.1) is 0 Å². The first kappa shape index (κ1) is 43.1. The second-order valence-electron chi connectivity index (χ2n) is 0. The third-order valence-corrected chi connectivity index (χ3v) is 0. The minimum atomic E-state index is 0. The topological polar surface area (TPSA) is 0 Å². The maximum atomic E-state index is 0. The largest absolute Gasteiger partial charge is 0.0776 e. The molecule has 0 N–H and O–H groups in total. The molecular weight excluding hydrogens is 279 g/mol. The van der Waals surface area contributed by atoms with Gasteiger partial charge in [-0.05, 0) is 0 Å². The summed E-state index contributed by atoms with van der Waals surface area (Å²) in [5, 5.41) is 0. The molecule has 0 saturated carbocycles. The first-order valence-electron chi connectivity index (χ1n) is 0. The monoisotopic (exact) mass is 282 g/mol. The van der Waals surface area contributed by atoms with Crippen molar-refractivity contribution in [2.24, 2.45) is 0 Å². The van der Waals surface area contributed by atoms with Crippen molar-refractivity contribution in [1.82, 2.24) is 0 Å². The van der Waals surface area contributed by atoms with Gasteiger partial charge in [-0.2, -0.15) is 0 Å². The quantitative estimate of drug-likeness (QED) is 0.559. The molecule has 40 valence electrons. The molecule has 0 aliphatic rings. The Hall–Kier alpha value is 3.04. The molecular formula is CH4AgCaCuFe. The van der Waals surface area contributed by atoms with Crippen molar-refractivity contribution in [3.63, 3.8) is 0 Å². The summed E-state index contributed by atoms with van der Waals surface area (Å²) in [4.78, 5) is 0. The summed E-state index contributed by atoms with van der Waals surface area (Å²) < 4.78 is 0. The Morgan fingerprint density at radius 1 is 1.00 bits per heavy atom. The normalized spacial score (nSPS) is 0. The molecule has 0 spiro atoms. The number of rotatable bonds is 0. The molecule has 0 aromatic heterocycles. The number of hydrogen-bond donors (Lipinski definition) is 0. The van der Waals surface area contributed by atoms with E-state index in [4.69, 9.17) is 0 Å². The van der Waals surface area contributed by atoms with Gasteiger partial charge in [-0.3, -0.25) is 0 Å². The smallest absolute Gasteiger partial charge is 0 e. The molecule has 0 nitrogen and oxygen atoms in total. The van der Waals surface area contributed by atoms with Crippen molar-refractivity contribution in [3.8, 4) is 0 Å². The van der Waals surface area contributed by atoms with Gasteiger partial charge in [0.1, 0.15) is 0 Å². The van der Waals surface area contributed by atoms with E-state index in [-0.39, 0.29) is 102 Å². The van der Waals surface area contributed by atoms with Crippen molar-refractivity contribution in [1.29, 1.82) is 0 Å². The van der Waals surface area contributed by atoms with Crippen LogP contribution in [0, 0.1) is 0 Å². The maximum Gasteiger partial charge on any atom is 0 e. The van der Waals surface area contributed by atoms with Gasteiger partial charge in [-0.25, -0.2) is 0 Å². The molecule has 0 aromatic carbocycles. The molecule has 0 aromatic rings. The van der Waals surface area contributed by atoms with Crippen molar-refractivity contribution < 1.29 is 56.5 Å². The summed E-state index contributed by atoms with van der Waals surface area (Å²) in [5.41, 5.74) is 0. The number of hydrogen-bond acceptors (Lipinski definition) is 0. The van der Waals surface area contributed by atoms with E-state index in [1.807, 2.05) is 0 Å². The van der Waals surface area contributed by atoms with Crippen LogP contribution in [0.25, 0.3) is 0 Å². The predicted octanol–water partition coefficient (Wildman–Crippen LogP) is 0.248. The Morgan fingerprint density at radius 3 is 1.00 bits per heavy atom. The summed E-state index contributed by atoms with van der Waals surface area (Å²) in [5.74, 6) is 0. The SMILES string of the molecule is C.[Ag].[Ca].[Cu].[Fe]. The fraction of sp³-hybridized carbons (Fsp3) is 1.00. The van der Waals surface area contributed by atoms with Crippen LogP contribution in [0.15, 0.2) is 0 Å². The first-order chi connectivity index (χ1) is 0.